The number of likely N-dealkylation sites (N-methyl/N-ethyl adjacent to an activating group) is 1. The number of aldehydes is 1. The molecule has 1 aromatic heterocycles. The quantitative estimate of drug-likeness (QED) is 0.328. The molecule has 1 saturated carbocycles. The van der Waals surface area contributed by atoms with Crippen LogP contribution in [0, 0.1) is 18.7 Å². The highest BCUT2D eigenvalue weighted by molar-refractivity contribution is 5.77. The van der Waals surface area contributed by atoms with E-state index in [9.17, 15) is 14.0 Å². The molecule has 0 saturated heterocycles. The van der Waals surface area contributed by atoms with Crippen molar-refractivity contribution in [3.05, 3.63) is 98.2 Å². The lowest BCUT2D eigenvalue weighted by molar-refractivity contribution is -0.1000. The van der Waals surface area contributed by atoms with Crippen LogP contribution in [0.4, 0.5) is 4.39 Å². The van der Waals surface area contributed by atoms with Gasteiger partial charge in [-0.05, 0) is 55.5 Å². The first kappa shape index (κ1) is 27.3. The minimum atomic E-state index is -0.643. The molecular formula is C32H37FN2O4. The van der Waals surface area contributed by atoms with Crippen LogP contribution in [0.15, 0.2) is 53.3 Å². The molecule has 1 spiro atoms. The fourth-order valence-electron chi connectivity index (χ4n) is 6.23. The van der Waals surface area contributed by atoms with Crippen LogP contribution in [0.1, 0.15) is 71.0 Å². The summed E-state index contributed by atoms with van der Waals surface area (Å²) in [5, 5.41) is 0. The molecule has 2 heterocycles. The number of rotatable bonds is 9. The summed E-state index contributed by atoms with van der Waals surface area (Å²) in [4.78, 5) is 28.7. The van der Waals surface area contributed by atoms with Crippen LogP contribution in [-0.4, -0.2) is 29.3 Å². The van der Waals surface area contributed by atoms with Crippen LogP contribution in [-0.2, 0) is 36.6 Å². The number of carbonyl (C=O) groups is 1. The van der Waals surface area contributed by atoms with E-state index < -0.39 is 5.60 Å². The van der Waals surface area contributed by atoms with Gasteiger partial charge in [-0.15, -0.1) is 0 Å². The summed E-state index contributed by atoms with van der Waals surface area (Å²) >= 11 is 0. The van der Waals surface area contributed by atoms with E-state index in [1.54, 1.807) is 13.0 Å². The number of carbonyl (C=O) groups excluding carboxylic acids is 1. The predicted molar refractivity (Wildman–Crippen MR) is 148 cm³/mol. The molecule has 2 unspecified atom stereocenters. The van der Waals surface area contributed by atoms with Crippen molar-refractivity contribution in [2.24, 2.45) is 5.92 Å². The Morgan fingerprint density at radius 3 is 2.69 bits per heavy atom. The first-order valence-electron chi connectivity index (χ1n) is 13.8. The predicted octanol–water partition coefficient (Wildman–Crippen LogP) is 5.75. The van der Waals surface area contributed by atoms with Crippen molar-refractivity contribution < 1.29 is 18.7 Å². The van der Waals surface area contributed by atoms with Gasteiger partial charge in [0.05, 0.1) is 17.9 Å². The summed E-state index contributed by atoms with van der Waals surface area (Å²) in [5.74, 6) is 0.0870. The first-order valence-corrected chi connectivity index (χ1v) is 13.8. The minimum absolute atomic E-state index is 0.104. The average Bonchev–Trinajstić information content (AvgIpc) is 3.31. The van der Waals surface area contributed by atoms with Crippen LogP contribution in [0.3, 0.4) is 0 Å². The van der Waals surface area contributed by atoms with E-state index in [0.29, 0.717) is 37.4 Å². The molecule has 0 bridgehead atoms. The molecule has 2 aliphatic rings. The molecule has 1 aliphatic carbocycles. The number of fused-ring (bicyclic) bond motifs is 2. The Morgan fingerprint density at radius 1 is 1.18 bits per heavy atom. The summed E-state index contributed by atoms with van der Waals surface area (Å²) in [6.07, 6.45) is 4.64. The molecule has 1 fully saturated rings. The zero-order valence-corrected chi connectivity index (χ0v) is 23.0. The van der Waals surface area contributed by atoms with Crippen molar-refractivity contribution in [2.45, 2.75) is 71.4 Å². The number of hydrogen-bond acceptors (Lipinski definition) is 5. The smallest absolute Gasteiger partial charge is 0.230 e. The summed E-state index contributed by atoms with van der Waals surface area (Å²) in [5.41, 5.74) is 3.40. The number of aromatic nitrogens is 1. The Bertz CT molecular complexity index is 1400. The number of halogens is 1. The highest BCUT2D eigenvalue weighted by atomic mass is 19.1. The number of pyridine rings is 1. The molecule has 0 N–H and O–H groups in total. The van der Waals surface area contributed by atoms with Gasteiger partial charge in [-0.2, -0.15) is 0 Å². The second-order valence-corrected chi connectivity index (χ2v) is 11.1. The SMILES string of the molecule is Cc1cc(CN(C)CCn2c(C=O)c(OCc3ccccc3)c(=O)c3c2COC32CCCCC2C)ccc1F. The molecule has 2 atom stereocenters. The lowest BCUT2D eigenvalue weighted by Gasteiger charge is -2.39. The summed E-state index contributed by atoms with van der Waals surface area (Å²) in [6, 6.07) is 14.8. The van der Waals surface area contributed by atoms with Gasteiger partial charge in [-0.3, -0.25) is 9.59 Å². The van der Waals surface area contributed by atoms with Crippen molar-refractivity contribution in [1.82, 2.24) is 9.47 Å². The van der Waals surface area contributed by atoms with Crippen molar-refractivity contribution in [2.75, 3.05) is 13.6 Å². The van der Waals surface area contributed by atoms with E-state index in [0.717, 1.165) is 48.8 Å². The number of aryl methyl sites for hydroxylation is 1. The molecule has 0 radical (unpaired) electrons. The highest BCUT2D eigenvalue weighted by Gasteiger charge is 2.49. The zero-order valence-electron chi connectivity index (χ0n) is 23.0. The standard InChI is InChI=1S/C32H37FN2O4/c1-22-17-25(12-13-26(22)33)18-34(3)15-16-35-27(19-36)31(38-20-24-10-5-4-6-11-24)30(37)29-28(35)21-39-32(29)14-8-7-9-23(32)2/h4-6,10-13,17,19,23H,7-9,14-16,18,20-21H2,1-3H3. The van der Waals surface area contributed by atoms with Crippen molar-refractivity contribution in [3.8, 4) is 5.75 Å². The summed E-state index contributed by atoms with van der Waals surface area (Å²) in [7, 11) is 2.00. The third-order valence-corrected chi connectivity index (χ3v) is 8.41. The second kappa shape index (κ2) is 11.4. The topological polar surface area (TPSA) is 60.8 Å². The van der Waals surface area contributed by atoms with Gasteiger partial charge >= 0.3 is 0 Å². The van der Waals surface area contributed by atoms with Crippen LogP contribution in [0.25, 0.3) is 0 Å². The third kappa shape index (κ3) is 5.30. The van der Waals surface area contributed by atoms with E-state index in [-0.39, 0.29) is 35.2 Å². The average molecular weight is 533 g/mol. The Labute approximate surface area is 229 Å². The van der Waals surface area contributed by atoms with E-state index >= 15 is 0 Å². The van der Waals surface area contributed by atoms with Crippen molar-refractivity contribution in [3.63, 3.8) is 0 Å². The maximum atomic E-state index is 14.1. The van der Waals surface area contributed by atoms with Gasteiger partial charge in [-0.1, -0.05) is 62.2 Å². The molecule has 6 nitrogen and oxygen atoms in total. The van der Waals surface area contributed by atoms with E-state index in [1.807, 2.05) is 48.0 Å². The van der Waals surface area contributed by atoms with Gasteiger partial charge in [0.2, 0.25) is 5.43 Å². The highest BCUT2D eigenvalue weighted by Crippen LogP contribution is 2.49. The molecule has 1 aliphatic heterocycles. The molecule has 0 amide bonds. The fourth-order valence-corrected chi connectivity index (χ4v) is 6.23. The van der Waals surface area contributed by atoms with E-state index in [1.165, 1.54) is 6.07 Å². The lowest BCUT2D eigenvalue weighted by atomic mass is 9.72. The number of ether oxygens (including phenoxy) is 2. The summed E-state index contributed by atoms with van der Waals surface area (Å²) in [6.45, 7) is 6.16. The second-order valence-electron chi connectivity index (χ2n) is 11.1. The normalized spacial score (nSPS) is 20.4. The van der Waals surface area contributed by atoms with Crippen LogP contribution in [0.5, 0.6) is 5.75 Å². The number of nitrogens with zero attached hydrogens (tertiary/aromatic N) is 2. The van der Waals surface area contributed by atoms with Crippen LogP contribution >= 0.6 is 0 Å². The maximum absolute atomic E-state index is 14.1. The van der Waals surface area contributed by atoms with Gasteiger partial charge in [-0.25, -0.2) is 4.39 Å². The minimum Gasteiger partial charge on any atom is -0.483 e. The van der Waals surface area contributed by atoms with Gasteiger partial charge in [0.1, 0.15) is 23.7 Å². The molecular weight excluding hydrogens is 495 g/mol. The molecule has 3 aromatic rings. The van der Waals surface area contributed by atoms with Crippen LogP contribution < -0.4 is 10.2 Å². The Balaban J connectivity index is 1.50. The van der Waals surface area contributed by atoms with Crippen LogP contribution in [0.2, 0.25) is 0 Å². The van der Waals surface area contributed by atoms with Crippen molar-refractivity contribution in [1.29, 1.82) is 0 Å². The zero-order chi connectivity index (χ0) is 27.6. The lowest BCUT2D eigenvalue weighted by Crippen LogP contribution is -2.40. The van der Waals surface area contributed by atoms with Gasteiger partial charge in [0.15, 0.2) is 12.0 Å². The first-order chi connectivity index (χ1) is 18.8. The number of benzene rings is 2. The van der Waals surface area contributed by atoms with Gasteiger partial charge in [0.25, 0.3) is 0 Å². The fraction of sp³-hybridized carbons (Fsp3) is 0.438. The molecule has 5 rings (SSSR count). The van der Waals surface area contributed by atoms with Crippen molar-refractivity contribution >= 4 is 6.29 Å². The molecule has 39 heavy (non-hydrogen) atoms. The van der Waals surface area contributed by atoms with E-state index in [4.69, 9.17) is 9.47 Å². The van der Waals surface area contributed by atoms with Gasteiger partial charge in [0, 0.05) is 19.6 Å². The largest absolute Gasteiger partial charge is 0.483 e. The van der Waals surface area contributed by atoms with Gasteiger partial charge < -0.3 is 18.9 Å². The third-order valence-electron chi connectivity index (χ3n) is 8.41. The Morgan fingerprint density at radius 2 is 1.97 bits per heavy atom. The molecule has 2 aromatic carbocycles. The monoisotopic (exact) mass is 532 g/mol. The summed E-state index contributed by atoms with van der Waals surface area (Å²) < 4.78 is 28.3. The Kier molecular flexibility index (Phi) is 8.01. The number of hydrogen-bond donors (Lipinski definition) is 0. The Hall–Kier alpha value is -3.29. The maximum Gasteiger partial charge on any atom is 0.230 e. The van der Waals surface area contributed by atoms with E-state index in [2.05, 4.69) is 11.8 Å². The molecule has 7 heteroatoms. The molecule has 206 valence electrons.